The number of rotatable bonds is 3. The number of hydrogen-bond acceptors (Lipinski definition) is 2. The van der Waals surface area contributed by atoms with Gasteiger partial charge in [-0.1, -0.05) is 12.1 Å². The second-order valence-corrected chi connectivity index (χ2v) is 6.64. The number of hydrogen-bond donors (Lipinski definition) is 1. The van der Waals surface area contributed by atoms with Gasteiger partial charge in [0.1, 0.15) is 5.82 Å². The second kappa shape index (κ2) is 8.00. The van der Waals surface area contributed by atoms with E-state index in [0.717, 1.165) is 18.2 Å². The SMILES string of the molecule is O=C(Nc1cccc(C(F)(F)F)c1)C1CCN(C(=O)c2cccc(F)c2)CC1. The molecule has 1 saturated heterocycles. The van der Waals surface area contributed by atoms with E-state index in [-0.39, 0.29) is 23.1 Å². The van der Waals surface area contributed by atoms with Gasteiger partial charge in [-0.2, -0.15) is 13.2 Å². The largest absolute Gasteiger partial charge is 0.416 e. The van der Waals surface area contributed by atoms with Crippen molar-refractivity contribution in [1.29, 1.82) is 0 Å². The van der Waals surface area contributed by atoms with Gasteiger partial charge in [-0.25, -0.2) is 4.39 Å². The Hall–Kier alpha value is -2.90. The van der Waals surface area contributed by atoms with Gasteiger partial charge in [0.2, 0.25) is 5.91 Å². The fourth-order valence-corrected chi connectivity index (χ4v) is 3.17. The smallest absolute Gasteiger partial charge is 0.339 e. The summed E-state index contributed by atoms with van der Waals surface area (Å²) in [5, 5.41) is 2.52. The number of benzene rings is 2. The van der Waals surface area contributed by atoms with Crippen LogP contribution in [0.1, 0.15) is 28.8 Å². The predicted molar refractivity (Wildman–Crippen MR) is 95.1 cm³/mol. The molecule has 1 aliphatic rings. The molecule has 148 valence electrons. The van der Waals surface area contributed by atoms with Gasteiger partial charge in [-0.15, -0.1) is 0 Å². The van der Waals surface area contributed by atoms with Gasteiger partial charge in [-0.05, 0) is 49.2 Å². The van der Waals surface area contributed by atoms with Gasteiger partial charge in [0, 0.05) is 30.3 Å². The lowest BCUT2D eigenvalue weighted by Gasteiger charge is -2.31. The molecule has 0 aliphatic carbocycles. The monoisotopic (exact) mass is 394 g/mol. The summed E-state index contributed by atoms with van der Waals surface area (Å²) in [7, 11) is 0. The van der Waals surface area contributed by atoms with Crippen molar-refractivity contribution in [1.82, 2.24) is 4.90 Å². The van der Waals surface area contributed by atoms with Crippen LogP contribution in [-0.4, -0.2) is 29.8 Å². The first-order chi connectivity index (χ1) is 13.2. The number of piperidine rings is 1. The molecule has 0 atom stereocenters. The molecule has 3 rings (SSSR count). The number of likely N-dealkylation sites (tertiary alicyclic amines) is 1. The third kappa shape index (κ3) is 4.68. The molecule has 2 aromatic carbocycles. The van der Waals surface area contributed by atoms with Crippen molar-refractivity contribution in [3.63, 3.8) is 0 Å². The molecular formula is C20H18F4N2O2. The lowest BCUT2D eigenvalue weighted by Crippen LogP contribution is -2.41. The molecule has 0 aromatic heterocycles. The summed E-state index contributed by atoms with van der Waals surface area (Å²) >= 11 is 0. The van der Waals surface area contributed by atoms with Gasteiger partial charge in [0.15, 0.2) is 0 Å². The minimum absolute atomic E-state index is 0.0816. The first-order valence-corrected chi connectivity index (χ1v) is 8.77. The van der Waals surface area contributed by atoms with Gasteiger partial charge >= 0.3 is 6.18 Å². The van der Waals surface area contributed by atoms with Crippen LogP contribution in [0.5, 0.6) is 0 Å². The molecule has 1 aliphatic heterocycles. The maximum absolute atomic E-state index is 13.3. The topological polar surface area (TPSA) is 49.4 Å². The standard InChI is InChI=1S/C20H18F4N2O2/c21-16-5-1-3-14(11-16)19(28)26-9-7-13(8-10-26)18(27)25-17-6-2-4-15(12-17)20(22,23)24/h1-6,11-13H,7-10H2,(H,25,27). The highest BCUT2D eigenvalue weighted by Gasteiger charge is 2.31. The molecule has 2 aromatic rings. The summed E-state index contributed by atoms with van der Waals surface area (Å²) in [6, 6.07) is 9.85. The fourth-order valence-electron chi connectivity index (χ4n) is 3.17. The Bertz CT molecular complexity index is 875. The number of nitrogens with one attached hydrogen (secondary N) is 1. The van der Waals surface area contributed by atoms with E-state index in [1.807, 2.05) is 0 Å². The molecule has 0 spiro atoms. The van der Waals surface area contributed by atoms with Gasteiger partial charge in [-0.3, -0.25) is 9.59 Å². The van der Waals surface area contributed by atoms with Crippen LogP contribution in [0.2, 0.25) is 0 Å². The molecule has 2 amide bonds. The highest BCUT2D eigenvalue weighted by molar-refractivity contribution is 5.95. The Morgan fingerprint density at radius 2 is 1.68 bits per heavy atom. The maximum atomic E-state index is 13.3. The van der Waals surface area contributed by atoms with Crippen LogP contribution in [0.25, 0.3) is 0 Å². The van der Waals surface area contributed by atoms with Crippen LogP contribution in [0.15, 0.2) is 48.5 Å². The molecule has 4 nitrogen and oxygen atoms in total. The number of nitrogens with zero attached hydrogens (tertiary/aromatic N) is 1. The van der Waals surface area contributed by atoms with E-state index < -0.39 is 23.5 Å². The number of halogens is 4. The molecule has 0 saturated carbocycles. The molecule has 0 radical (unpaired) electrons. The fraction of sp³-hybridized carbons (Fsp3) is 0.300. The molecule has 0 bridgehead atoms. The van der Waals surface area contributed by atoms with Gasteiger partial charge in [0.05, 0.1) is 5.56 Å². The highest BCUT2D eigenvalue weighted by Crippen LogP contribution is 2.31. The van der Waals surface area contributed by atoms with Crippen molar-refractivity contribution in [2.24, 2.45) is 5.92 Å². The van der Waals surface area contributed by atoms with Gasteiger partial charge < -0.3 is 10.2 Å². The zero-order valence-electron chi connectivity index (χ0n) is 14.8. The van der Waals surface area contributed by atoms with Crippen molar-refractivity contribution in [3.8, 4) is 0 Å². The Labute approximate surface area is 159 Å². The van der Waals surface area contributed by atoms with Crippen LogP contribution in [0, 0.1) is 11.7 Å². The zero-order chi connectivity index (χ0) is 20.3. The summed E-state index contributed by atoms with van der Waals surface area (Å²) in [5.41, 5.74) is -0.509. The predicted octanol–water partition coefficient (Wildman–Crippen LogP) is 4.34. The van der Waals surface area contributed by atoms with Crippen LogP contribution in [-0.2, 0) is 11.0 Å². The third-order valence-electron chi connectivity index (χ3n) is 4.68. The minimum atomic E-state index is -4.48. The Kier molecular flexibility index (Phi) is 5.67. The molecule has 1 fully saturated rings. The first-order valence-electron chi connectivity index (χ1n) is 8.77. The lowest BCUT2D eigenvalue weighted by molar-refractivity contribution is -0.137. The Morgan fingerprint density at radius 3 is 2.32 bits per heavy atom. The molecule has 0 unspecified atom stereocenters. The van der Waals surface area contributed by atoms with Crippen LogP contribution < -0.4 is 5.32 Å². The summed E-state index contributed by atoms with van der Waals surface area (Å²) in [6.07, 6.45) is -3.72. The molecule has 1 heterocycles. The average molecular weight is 394 g/mol. The average Bonchev–Trinajstić information content (AvgIpc) is 2.67. The molecule has 28 heavy (non-hydrogen) atoms. The summed E-state index contributed by atoms with van der Waals surface area (Å²) in [5.74, 6) is -1.60. The number of carbonyl (C=O) groups is 2. The van der Waals surface area contributed by atoms with E-state index in [1.165, 1.54) is 30.3 Å². The number of anilines is 1. The van der Waals surface area contributed by atoms with E-state index in [4.69, 9.17) is 0 Å². The van der Waals surface area contributed by atoms with Crippen molar-refractivity contribution in [2.75, 3.05) is 18.4 Å². The third-order valence-corrected chi connectivity index (χ3v) is 4.68. The quantitative estimate of drug-likeness (QED) is 0.788. The maximum Gasteiger partial charge on any atom is 0.416 e. The molecular weight excluding hydrogens is 376 g/mol. The van der Waals surface area contributed by atoms with Gasteiger partial charge in [0.25, 0.3) is 5.91 Å². The Morgan fingerprint density at radius 1 is 1.00 bits per heavy atom. The minimum Gasteiger partial charge on any atom is -0.339 e. The van der Waals surface area contributed by atoms with Crippen molar-refractivity contribution in [2.45, 2.75) is 19.0 Å². The summed E-state index contributed by atoms with van der Waals surface area (Å²) < 4.78 is 51.6. The number of alkyl halides is 3. The van der Waals surface area contributed by atoms with Crippen LogP contribution in [0.4, 0.5) is 23.2 Å². The van der Waals surface area contributed by atoms with E-state index >= 15 is 0 Å². The van der Waals surface area contributed by atoms with E-state index in [1.54, 1.807) is 4.90 Å². The highest BCUT2D eigenvalue weighted by atomic mass is 19.4. The molecule has 1 N–H and O–H groups in total. The van der Waals surface area contributed by atoms with Crippen molar-refractivity contribution in [3.05, 3.63) is 65.5 Å². The van der Waals surface area contributed by atoms with E-state index in [0.29, 0.717) is 25.9 Å². The first kappa shape index (κ1) is 19.9. The van der Waals surface area contributed by atoms with E-state index in [2.05, 4.69) is 5.32 Å². The zero-order valence-corrected chi connectivity index (χ0v) is 14.8. The van der Waals surface area contributed by atoms with Crippen molar-refractivity contribution >= 4 is 17.5 Å². The van der Waals surface area contributed by atoms with Crippen LogP contribution >= 0.6 is 0 Å². The molecule has 8 heteroatoms. The van der Waals surface area contributed by atoms with E-state index in [9.17, 15) is 27.2 Å². The summed E-state index contributed by atoms with van der Waals surface area (Å²) in [4.78, 5) is 26.3. The Balaban J connectivity index is 1.58. The van der Waals surface area contributed by atoms with Crippen LogP contribution in [0.3, 0.4) is 0 Å². The number of amides is 2. The normalized spacial score (nSPS) is 15.4. The summed E-state index contributed by atoms with van der Waals surface area (Å²) in [6.45, 7) is 0.631. The second-order valence-electron chi connectivity index (χ2n) is 6.64. The van der Waals surface area contributed by atoms with Crippen molar-refractivity contribution < 1.29 is 27.2 Å². The number of carbonyl (C=O) groups excluding carboxylic acids is 2. The lowest BCUT2D eigenvalue weighted by atomic mass is 9.95.